The summed E-state index contributed by atoms with van der Waals surface area (Å²) < 4.78 is 1.92. The number of hydrogen-bond donors (Lipinski definition) is 1. The molecule has 0 aromatic carbocycles. The minimum absolute atomic E-state index is 0.685. The molecule has 1 aliphatic carbocycles. The van der Waals surface area contributed by atoms with Crippen LogP contribution in [0.25, 0.3) is 0 Å². The van der Waals surface area contributed by atoms with Crippen molar-refractivity contribution in [3.05, 3.63) is 11.9 Å². The van der Waals surface area contributed by atoms with Crippen LogP contribution in [-0.2, 0) is 12.3 Å². The van der Waals surface area contributed by atoms with Crippen molar-refractivity contribution in [1.82, 2.24) is 15.0 Å². The molecule has 1 saturated carbocycles. The van der Waals surface area contributed by atoms with E-state index in [1.807, 2.05) is 10.9 Å². The lowest BCUT2D eigenvalue weighted by atomic mass is 10.4. The van der Waals surface area contributed by atoms with Gasteiger partial charge in [-0.1, -0.05) is 5.21 Å². The van der Waals surface area contributed by atoms with E-state index in [0.717, 1.165) is 18.2 Å². The number of thiol groups is 1. The molecule has 11 heavy (non-hydrogen) atoms. The predicted molar refractivity (Wildman–Crippen MR) is 45.4 cm³/mol. The van der Waals surface area contributed by atoms with Gasteiger partial charge in [0, 0.05) is 18.5 Å². The van der Waals surface area contributed by atoms with Crippen LogP contribution in [0.4, 0.5) is 0 Å². The van der Waals surface area contributed by atoms with Crippen LogP contribution in [0.15, 0.2) is 6.20 Å². The van der Waals surface area contributed by atoms with Gasteiger partial charge in [0.25, 0.3) is 0 Å². The normalized spacial score (nSPS) is 17.2. The molecule has 1 aromatic heterocycles. The summed E-state index contributed by atoms with van der Waals surface area (Å²) in [6.45, 7) is 1.04. The first-order valence-corrected chi connectivity index (χ1v) is 4.51. The molecule has 0 atom stereocenters. The Kier molecular flexibility index (Phi) is 1.85. The molecule has 3 nitrogen and oxygen atoms in total. The summed E-state index contributed by atoms with van der Waals surface area (Å²) in [5, 5.41) is 7.94. The molecule has 0 aliphatic heterocycles. The molecule has 2 rings (SSSR count). The van der Waals surface area contributed by atoms with Crippen LogP contribution in [0.1, 0.15) is 18.5 Å². The van der Waals surface area contributed by atoms with Gasteiger partial charge in [-0.3, -0.25) is 4.68 Å². The van der Waals surface area contributed by atoms with E-state index in [9.17, 15) is 0 Å². The van der Waals surface area contributed by atoms with Gasteiger partial charge in [-0.25, -0.2) is 0 Å². The first-order valence-electron chi connectivity index (χ1n) is 3.88. The summed E-state index contributed by atoms with van der Waals surface area (Å²) in [6.07, 6.45) is 4.69. The predicted octanol–water partition coefficient (Wildman–Crippen LogP) is 1.12. The highest BCUT2D eigenvalue weighted by atomic mass is 32.1. The van der Waals surface area contributed by atoms with E-state index in [2.05, 4.69) is 22.9 Å². The summed E-state index contributed by atoms with van der Waals surface area (Å²) >= 11 is 4.11. The number of aromatic nitrogens is 3. The Bertz CT molecular complexity index is 242. The topological polar surface area (TPSA) is 30.7 Å². The highest BCUT2D eigenvalue weighted by Crippen LogP contribution is 2.30. The lowest BCUT2D eigenvalue weighted by Crippen LogP contribution is -1.99. The Hall–Kier alpha value is -0.510. The van der Waals surface area contributed by atoms with E-state index in [-0.39, 0.29) is 0 Å². The summed E-state index contributed by atoms with van der Waals surface area (Å²) in [7, 11) is 0. The molecule has 0 bridgehead atoms. The van der Waals surface area contributed by atoms with Crippen molar-refractivity contribution in [3.63, 3.8) is 0 Å². The molecule has 1 fully saturated rings. The fourth-order valence-electron chi connectivity index (χ4n) is 1.07. The monoisotopic (exact) mass is 169 g/mol. The van der Waals surface area contributed by atoms with Crippen LogP contribution in [0.3, 0.4) is 0 Å². The lowest BCUT2D eigenvalue weighted by molar-refractivity contribution is 0.544. The zero-order chi connectivity index (χ0) is 7.68. The SMILES string of the molecule is SCc1cn(CC2CC2)nn1. The molecule has 0 amide bonds. The molecule has 0 unspecified atom stereocenters. The molecule has 1 heterocycles. The Labute approximate surface area is 71.2 Å². The smallest absolute Gasteiger partial charge is 0.0923 e. The Morgan fingerprint density at radius 3 is 3.00 bits per heavy atom. The van der Waals surface area contributed by atoms with Crippen molar-refractivity contribution in [1.29, 1.82) is 0 Å². The van der Waals surface area contributed by atoms with Gasteiger partial charge in [-0.15, -0.1) is 5.10 Å². The van der Waals surface area contributed by atoms with E-state index < -0.39 is 0 Å². The van der Waals surface area contributed by atoms with E-state index in [0.29, 0.717) is 5.75 Å². The molecule has 0 radical (unpaired) electrons. The molecular formula is C7H11N3S. The average molecular weight is 169 g/mol. The van der Waals surface area contributed by atoms with Crippen LogP contribution >= 0.6 is 12.6 Å². The van der Waals surface area contributed by atoms with Crippen LogP contribution < -0.4 is 0 Å². The fourth-order valence-corrected chi connectivity index (χ4v) is 1.21. The average Bonchev–Trinajstić information content (AvgIpc) is 2.68. The molecular weight excluding hydrogens is 158 g/mol. The van der Waals surface area contributed by atoms with Gasteiger partial charge >= 0.3 is 0 Å². The molecule has 60 valence electrons. The summed E-state index contributed by atoms with van der Waals surface area (Å²) in [5.41, 5.74) is 0.967. The number of nitrogens with zero attached hydrogens (tertiary/aromatic N) is 3. The second-order valence-corrected chi connectivity index (χ2v) is 3.35. The Balaban J connectivity index is 1.99. The van der Waals surface area contributed by atoms with Crippen LogP contribution in [-0.4, -0.2) is 15.0 Å². The van der Waals surface area contributed by atoms with Gasteiger partial charge in [-0.2, -0.15) is 12.6 Å². The van der Waals surface area contributed by atoms with Gasteiger partial charge in [0.1, 0.15) is 0 Å². The quantitative estimate of drug-likeness (QED) is 0.687. The van der Waals surface area contributed by atoms with Crippen LogP contribution in [0, 0.1) is 5.92 Å². The molecule has 4 heteroatoms. The summed E-state index contributed by atoms with van der Waals surface area (Å²) in [4.78, 5) is 0. The van der Waals surface area contributed by atoms with Gasteiger partial charge in [0.05, 0.1) is 5.69 Å². The van der Waals surface area contributed by atoms with Crippen molar-refractivity contribution in [2.24, 2.45) is 5.92 Å². The number of hydrogen-bond acceptors (Lipinski definition) is 3. The third-order valence-corrected chi connectivity index (χ3v) is 2.21. The lowest BCUT2D eigenvalue weighted by Gasteiger charge is -1.93. The maximum atomic E-state index is 4.11. The highest BCUT2D eigenvalue weighted by Gasteiger charge is 2.21. The maximum Gasteiger partial charge on any atom is 0.0923 e. The van der Waals surface area contributed by atoms with E-state index in [1.165, 1.54) is 12.8 Å². The fraction of sp³-hybridized carbons (Fsp3) is 0.714. The van der Waals surface area contributed by atoms with Crippen molar-refractivity contribution >= 4 is 12.6 Å². The van der Waals surface area contributed by atoms with Crippen molar-refractivity contribution in [2.45, 2.75) is 25.1 Å². The molecule has 1 aromatic rings. The number of rotatable bonds is 3. The van der Waals surface area contributed by atoms with Gasteiger partial charge in [-0.05, 0) is 18.8 Å². The summed E-state index contributed by atoms with van der Waals surface area (Å²) in [6, 6.07) is 0. The van der Waals surface area contributed by atoms with Gasteiger partial charge in [0.15, 0.2) is 0 Å². The Morgan fingerprint density at radius 1 is 1.64 bits per heavy atom. The zero-order valence-corrected chi connectivity index (χ0v) is 7.17. The minimum Gasteiger partial charge on any atom is -0.252 e. The van der Waals surface area contributed by atoms with E-state index in [1.54, 1.807) is 0 Å². The van der Waals surface area contributed by atoms with E-state index >= 15 is 0 Å². The zero-order valence-electron chi connectivity index (χ0n) is 6.27. The minimum atomic E-state index is 0.685. The highest BCUT2D eigenvalue weighted by molar-refractivity contribution is 7.79. The Morgan fingerprint density at radius 2 is 2.45 bits per heavy atom. The van der Waals surface area contributed by atoms with E-state index in [4.69, 9.17) is 0 Å². The third-order valence-electron chi connectivity index (χ3n) is 1.89. The molecule has 0 N–H and O–H groups in total. The van der Waals surface area contributed by atoms with Crippen LogP contribution in [0.5, 0.6) is 0 Å². The second-order valence-electron chi connectivity index (χ2n) is 3.03. The summed E-state index contributed by atoms with van der Waals surface area (Å²) in [5.74, 6) is 1.55. The molecule has 0 spiro atoms. The first-order chi connectivity index (χ1) is 5.38. The van der Waals surface area contributed by atoms with Crippen LogP contribution in [0.2, 0.25) is 0 Å². The standard InChI is InChI=1S/C7H11N3S/c11-5-7-4-10(9-8-7)3-6-1-2-6/h4,6,11H,1-3,5H2. The van der Waals surface area contributed by atoms with Crippen molar-refractivity contribution < 1.29 is 0 Å². The van der Waals surface area contributed by atoms with Gasteiger partial charge < -0.3 is 0 Å². The maximum absolute atomic E-state index is 4.11. The van der Waals surface area contributed by atoms with Crippen molar-refractivity contribution in [2.75, 3.05) is 0 Å². The van der Waals surface area contributed by atoms with Gasteiger partial charge in [0.2, 0.25) is 0 Å². The molecule has 1 aliphatic rings. The molecule has 0 saturated heterocycles. The second kappa shape index (κ2) is 2.85. The largest absolute Gasteiger partial charge is 0.252 e. The first kappa shape index (κ1) is 7.16. The third kappa shape index (κ3) is 1.74. The van der Waals surface area contributed by atoms with Crippen molar-refractivity contribution in [3.8, 4) is 0 Å².